The van der Waals surface area contributed by atoms with Crippen LogP contribution in [-0.4, -0.2) is 28.2 Å². The lowest BCUT2D eigenvalue weighted by Gasteiger charge is -2.26. The van der Waals surface area contributed by atoms with Crippen molar-refractivity contribution in [1.29, 1.82) is 0 Å². The van der Waals surface area contributed by atoms with E-state index in [1.807, 2.05) is 12.1 Å². The van der Waals surface area contributed by atoms with Gasteiger partial charge < -0.3 is 5.73 Å². The molecule has 0 bridgehead atoms. The van der Waals surface area contributed by atoms with Gasteiger partial charge in [-0.05, 0) is 24.5 Å². The van der Waals surface area contributed by atoms with Crippen molar-refractivity contribution in [2.24, 2.45) is 5.73 Å². The van der Waals surface area contributed by atoms with Gasteiger partial charge >= 0.3 is 0 Å². The highest BCUT2D eigenvalue weighted by Crippen LogP contribution is 2.19. The fourth-order valence-corrected chi connectivity index (χ4v) is 2.18. The zero-order valence-corrected chi connectivity index (χ0v) is 10.7. The summed E-state index contributed by atoms with van der Waals surface area (Å²) in [6.45, 7) is 0.378. The number of thiocarbonyl (C=S) groups is 1. The predicted molar refractivity (Wildman–Crippen MR) is 72.2 cm³/mol. The number of nitrogens with two attached hydrogens (primary N) is 1. The minimum atomic E-state index is -0.218. The van der Waals surface area contributed by atoms with E-state index in [4.69, 9.17) is 18.0 Å². The van der Waals surface area contributed by atoms with E-state index in [2.05, 4.69) is 0 Å². The Kier molecular flexibility index (Phi) is 3.72. The molecule has 1 aromatic carbocycles. The van der Waals surface area contributed by atoms with Gasteiger partial charge in [0.2, 0.25) is 5.91 Å². The van der Waals surface area contributed by atoms with Crippen LogP contribution in [0.25, 0.3) is 0 Å². The van der Waals surface area contributed by atoms with Crippen molar-refractivity contribution in [3.63, 3.8) is 0 Å². The molecular formula is C13H14N2O2S. The molecule has 18 heavy (non-hydrogen) atoms. The van der Waals surface area contributed by atoms with E-state index in [-0.39, 0.29) is 18.2 Å². The first kappa shape index (κ1) is 12.7. The Morgan fingerprint density at radius 3 is 2.78 bits per heavy atom. The van der Waals surface area contributed by atoms with E-state index >= 15 is 0 Å². The molecule has 1 aliphatic heterocycles. The molecular weight excluding hydrogens is 248 g/mol. The van der Waals surface area contributed by atoms with Gasteiger partial charge in [-0.2, -0.15) is 0 Å². The second-order valence-corrected chi connectivity index (χ2v) is 4.78. The standard InChI is InChI=1S/C13H14N2O2S/c14-11(18)6-3-7-15-12(16)8-9-4-1-2-5-10(9)13(15)17/h1-2,4-5H,3,6-8H2,(H2,14,18). The van der Waals surface area contributed by atoms with Crippen LogP contribution in [0.4, 0.5) is 0 Å². The molecule has 0 saturated carbocycles. The number of imide groups is 1. The molecule has 0 atom stereocenters. The number of carbonyl (C=O) groups is 2. The van der Waals surface area contributed by atoms with E-state index in [1.54, 1.807) is 12.1 Å². The van der Waals surface area contributed by atoms with Crippen LogP contribution in [0.3, 0.4) is 0 Å². The molecule has 94 valence electrons. The molecule has 1 heterocycles. The number of amides is 2. The van der Waals surface area contributed by atoms with Gasteiger partial charge in [0.1, 0.15) is 0 Å². The van der Waals surface area contributed by atoms with Crippen LogP contribution in [0, 0.1) is 0 Å². The van der Waals surface area contributed by atoms with Crippen molar-refractivity contribution in [3.8, 4) is 0 Å². The predicted octanol–water partition coefficient (Wildman–Crippen LogP) is 1.28. The molecule has 2 rings (SSSR count). The zero-order chi connectivity index (χ0) is 13.1. The third-order valence-corrected chi connectivity index (χ3v) is 3.14. The summed E-state index contributed by atoms with van der Waals surface area (Å²) in [7, 11) is 0. The quantitative estimate of drug-likeness (QED) is 0.656. The maximum atomic E-state index is 12.1. The summed E-state index contributed by atoms with van der Waals surface area (Å²) in [6.07, 6.45) is 1.46. The molecule has 0 unspecified atom stereocenters. The van der Waals surface area contributed by atoms with E-state index in [9.17, 15) is 9.59 Å². The van der Waals surface area contributed by atoms with Crippen LogP contribution < -0.4 is 5.73 Å². The molecule has 4 nitrogen and oxygen atoms in total. The van der Waals surface area contributed by atoms with Crippen molar-refractivity contribution >= 4 is 29.0 Å². The number of hydrogen-bond donors (Lipinski definition) is 1. The number of carbonyl (C=O) groups excluding carboxylic acids is 2. The van der Waals surface area contributed by atoms with Gasteiger partial charge in [-0.3, -0.25) is 14.5 Å². The molecule has 0 spiro atoms. The molecule has 0 aromatic heterocycles. The number of benzene rings is 1. The smallest absolute Gasteiger partial charge is 0.260 e. The van der Waals surface area contributed by atoms with Crippen LogP contribution in [0.15, 0.2) is 24.3 Å². The first-order chi connectivity index (χ1) is 8.59. The molecule has 5 heteroatoms. The summed E-state index contributed by atoms with van der Waals surface area (Å²) >= 11 is 4.77. The van der Waals surface area contributed by atoms with Gasteiger partial charge in [0.15, 0.2) is 0 Å². The summed E-state index contributed by atoms with van der Waals surface area (Å²) in [5, 5.41) is 0. The summed E-state index contributed by atoms with van der Waals surface area (Å²) in [5.41, 5.74) is 6.82. The average Bonchev–Trinajstić information content (AvgIpc) is 2.33. The van der Waals surface area contributed by atoms with Crippen molar-refractivity contribution < 1.29 is 9.59 Å². The van der Waals surface area contributed by atoms with E-state index in [0.29, 0.717) is 29.9 Å². The number of nitrogens with zero attached hydrogens (tertiary/aromatic N) is 1. The first-order valence-electron chi connectivity index (χ1n) is 5.80. The Bertz CT molecular complexity index is 513. The van der Waals surface area contributed by atoms with Crippen molar-refractivity contribution in [1.82, 2.24) is 4.90 Å². The number of rotatable bonds is 4. The highest BCUT2D eigenvalue weighted by atomic mass is 32.1. The maximum Gasteiger partial charge on any atom is 0.260 e. The van der Waals surface area contributed by atoms with Crippen LogP contribution in [0.2, 0.25) is 0 Å². The third-order valence-electron chi connectivity index (χ3n) is 2.94. The first-order valence-corrected chi connectivity index (χ1v) is 6.21. The second kappa shape index (κ2) is 5.27. The Labute approximate surface area is 111 Å². The van der Waals surface area contributed by atoms with Gasteiger partial charge in [0.25, 0.3) is 5.91 Å². The second-order valence-electron chi connectivity index (χ2n) is 4.25. The highest BCUT2D eigenvalue weighted by Gasteiger charge is 2.29. The molecule has 0 aliphatic carbocycles. The lowest BCUT2D eigenvalue weighted by Crippen LogP contribution is -2.42. The molecule has 2 N–H and O–H groups in total. The van der Waals surface area contributed by atoms with E-state index in [1.165, 1.54) is 4.90 Å². The van der Waals surface area contributed by atoms with Gasteiger partial charge in [-0.15, -0.1) is 0 Å². The number of fused-ring (bicyclic) bond motifs is 1. The minimum absolute atomic E-state index is 0.151. The fourth-order valence-electron chi connectivity index (χ4n) is 2.04. The van der Waals surface area contributed by atoms with Gasteiger partial charge in [0, 0.05) is 12.1 Å². The van der Waals surface area contributed by atoms with Crippen molar-refractivity contribution in [2.75, 3.05) is 6.54 Å². The molecule has 0 radical (unpaired) electrons. The van der Waals surface area contributed by atoms with Crippen molar-refractivity contribution in [2.45, 2.75) is 19.3 Å². The van der Waals surface area contributed by atoms with Crippen LogP contribution >= 0.6 is 12.2 Å². The largest absolute Gasteiger partial charge is 0.393 e. The van der Waals surface area contributed by atoms with Crippen molar-refractivity contribution in [3.05, 3.63) is 35.4 Å². The lowest BCUT2D eigenvalue weighted by atomic mass is 9.98. The molecule has 1 aliphatic rings. The monoisotopic (exact) mass is 262 g/mol. The van der Waals surface area contributed by atoms with Gasteiger partial charge in [0.05, 0.1) is 11.4 Å². The SMILES string of the molecule is NC(=S)CCCN1C(=O)Cc2ccccc2C1=O. The summed E-state index contributed by atoms with van der Waals surface area (Å²) in [4.78, 5) is 25.7. The average molecular weight is 262 g/mol. The third kappa shape index (κ3) is 2.56. The lowest BCUT2D eigenvalue weighted by molar-refractivity contribution is -0.128. The van der Waals surface area contributed by atoms with Gasteiger partial charge in [-0.1, -0.05) is 30.4 Å². The molecule has 2 amide bonds. The summed E-state index contributed by atoms with van der Waals surface area (Å²) in [5.74, 6) is -0.369. The molecule has 0 saturated heterocycles. The summed E-state index contributed by atoms with van der Waals surface area (Å²) in [6, 6.07) is 7.21. The number of hydrogen-bond acceptors (Lipinski definition) is 3. The maximum absolute atomic E-state index is 12.1. The highest BCUT2D eigenvalue weighted by molar-refractivity contribution is 7.80. The van der Waals surface area contributed by atoms with Gasteiger partial charge in [-0.25, -0.2) is 0 Å². The Hall–Kier alpha value is -1.75. The Morgan fingerprint density at radius 1 is 1.33 bits per heavy atom. The summed E-state index contributed by atoms with van der Waals surface area (Å²) < 4.78 is 0. The fraction of sp³-hybridized carbons (Fsp3) is 0.308. The normalized spacial score (nSPS) is 14.6. The van der Waals surface area contributed by atoms with Crippen LogP contribution in [0.1, 0.15) is 28.8 Å². The Morgan fingerprint density at radius 2 is 2.06 bits per heavy atom. The Balaban J connectivity index is 2.12. The zero-order valence-electron chi connectivity index (χ0n) is 9.89. The van der Waals surface area contributed by atoms with Crippen LogP contribution in [0.5, 0.6) is 0 Å². The topological polar surface area (TPSA) is 63.4 Å². The minimum Gasteiger partial charge on any atom is -0.393 e. The van der Waals surface area contributed by atoms with Crippen LogP contribution in [-0.2, 0) is 11.2 Å². The molecule has 0 fully saturated rings. The molecule has 1 aromatic rings. The van der Waals surface area contributed by atoms with E-state index in [0.717, 1.165) is 5.56 Å². The van der Waals surface area contributed by atoms with E-state index < -0.39 is 0 Å².